The van der Waals surface area contributed by atoms with Crippen LogP contribution in [0.25, 0.3) is 5.65 Å². The molecule has 0 aromatic carbocycles. The summed E-state index contributed by atoms with van der Waals surface area (Å²) < 4.78 is 1.90. The third-order valence-corrected chi connectivity index (χ3v) is 5.02. The molecule has 1 aliphatic carbocycles. The van der Waals surface area contributed by atoms with Crippen LogP contribution >= 0.6 is 11.8 Å². The average molecular weight is 304 g/mol. The Bertz CT molecular complexity index is 627. The number of fused-ring (bicyclic) bond motifs is 1. The molecule has 6 heteroatoms. The SMILES string of the molecule is CC1CCCCC1NC(=O)CSc1nnc2ccccn12. The third-order valence-electron chi connectivity index (χ3n) is 4.07. The second-order valence-corrected chi connectivity index (χ2v) is 6.58. The van der Waals surface area contributed by atoms with Gasteiger partial charge in [0.15, 0.2) is 10.8 Å². The van der Waals surface area contributed by atoms with Gasteiger partial charge in [-0.15, -0.1) is 10.2 Å². The Labute approximate surface area is 128 Å². The largest absolute Gasteiger partial charge is 0.352 e. The maximum absolute atomic E-state index is 12.1. The van der Waals surface area contributed by atoms with Gasteiger partial charge in [-0.1, -0.05) is 37.6 Å². The summed E-state index contributed by atoms with van der Waals surface area (Å²) in [5.41, 5.74) is 0.807. The van der Waals surface area contributed by atoms with E-state index in [2.05, 4.69) is 22.4 Å². The predicted octanol–water partition coefficient (Wildman–Crippen LogP) is 2.52. The summed E-state index contributed by atoms with van der Waals surface area (Å²) in [5.74, 6) is 1.06. The number of pyridine rings is 1. The van der Waals surface area contributed by atoms with Gasteiger partial charge in [-0.2, -0.15) is 0 Å². The van der Waals surface area contributed by atoms with Crippen molar-refractivity contribution in [2.45, 2.75) is 43.8 Å². The minimum Gasteiger partial charge on any atom is -0.352 e. The fraction of sp³-hybridized carbons (Fsp3) is 0.533. The molecular weight excluding hydrogens is 284 g/mol. The molecule has 0 saturated heterocycles. The van der Waals surface area contributed by atoms with Crippen LogP contribution < -0.4 is 5.32 Å². The normalized spacial score (nSPS) is 22.3. The van der Waals surface area contributed by atoms with Crippen LogP contribution in [0.1, 0.15) is 32.6 Å². The molecule has 2 aromatic heterocycles. The molecule has 112 valence electrons. The Kier molecular flexibility index (Phi) is 4.43. The van der Waals surface area contributed by atoms with Gasteiger partial charge in [0.25, 0.3) is 0 Å². The molecule has 2 atom stereocenters. The van der Waals surface area contributed by atoms with Gasteiger partial charge in [-0.05, 0) is 30.9 Å². The molecule has 2 unspecified atom stereocenters. The molecule has 1 saturated carbocycles. The lowest BCUT2D eigenvalue weighted by Crippen LogP contribution is -2.41. The van der Waals surface area contributed by atoms with E-state index in [1.165, 1.54) is 31.0 Å². The van der Waals surface area contributed by atoms with Crippen LogP contribution in [0.3, 0.4) is 0 Å². The van der Waals surface area contributed by atoms with Gasteiger partial charge in [0.2, 0.25) is 5.91 Å². The summed E-state index contributed by atoms with van der Waals surface area (Å²) in [7, 11) is 0. The number of hydrogen-bond donors (Lipinski definition) is 1. The minimum absolute atomic E-state index is 0.0893. The summed E-state index contributed by atoms with van der Waals surface area (Å²) in [6.07, 6.45) is 6.74. The lowest BCUT2D eigenvalue weighted by molar-refractivity contribution is -0.119. The van der Waals surface area contributed by atoms with Gasteiger partial charge in [0.05, 0.1) is 5.75 Å². The lowest BCUT2D eigenvalue weighted by Gasteiger charge is -2.29. The van der Waals surface area contributed by atoms with Crippen molar-refractivity contribution in [3.63, 3.8) is 0 Å². The quantitative estimate of drug-likeness (QED) is 0.882. The predicted molar refractivity (Wildman–Crippen MR) is 83.3 cm³/mol. The first-order valence-corrected chi connectivity index (χ1v) is 8.44. The van der Waals surface area contributed by atoms with E-state index in [-0.39, 0.29) is 5.91 Å². The summed E-state index contributed by atoms with van der Waals surface area (Å²) in [6, 6.07) is 6.10. The second-order valence-electron chi connectivity index (χ2n) is 5.64. The fourth-order valence-corrected chi connectivity index (χ4v) is 3.56. The van der Waals surface area contributed by atoms with Crippen molar-refractivity contribution >= 4 is 23.3 Å². The zero-order valence-electron chi connectivity index (χ0n) is 12.2. The molecule has 1 N–H and O–H groups in total. The molecule has 0 aliphatic heterocycles. The van der Waals surface area contributed by atoms with Crippen LogP contribution in [-0.2, 0) is 4.79 Å². The fourth-order valence-electron chi connectivity index (χ4n) is 2.83. The Morgan fingerprint density at radius 2 is 2.24 bits per heavy atom. The molecule has 3 rings (SSSR count). The first-order valence-electron chi connectivity index (χ1n) is 7.46. The zero-order valence-corrected chi connectivity index (χ0v) is 13.0. The monoisotopic (exact) mass is 304 g/mol. The van der Waals surface area contributed by atoms with Gasteiger partial charge in [-0.25, -0.2) is 0 Å². The van der Waals surface area contributed by atoms with E-state index in [4.69, 9.17) is 0 Å². The summed E-state index contributed by atoms with van der Waals surface area (Å²) >= 11 is 1.43. The zero-order chi connectivity index (χ0) is 14.7. The Balaban J connectivity index is 1.56. The van der Waals surface area contributed by atoms with Crippen molar-refractivity contribution in [1.29, 1.82) is 0 Å². The number of nitrogens with zero attached hydrogens (tertiary/aromatic N) is 3. The average Bonchev–Trinajstić information content (AvgIpc) is 2.91. The molecule has 21 heavy (non-hydrogen) atoms. The van der Waals surface area contributed by atoms with E-state index in [0.717, 1.165) is 17.2 Å². The highest BCUT2D eigenvalue weighted by Gasteiger charge is 2.22. The van der Waals surface area contributed by atoms with Crippen LogP contribution in [-0.4, -0.2) is 32.3 Å². The van der Waals surface area contributed by atoms with Gasteiger partial charge in [-0.3, -0.25) is 9.20 Å². The van der Waals surface area contributed by atoms with Crippen LogP contribution in [0.15, 0.2) is 29.6 Å². The van der Waals surface area contributed by atoms with Crippen LogP contribution in [0.4, 0.5) is 0 Å². The van der Waals surface area contributed by atoms with E-state index in [0.29, 0.717) is 17.7 Å². The van der Waals surface area contributed by atoms with E-state index in [9.17, 15) is 4.79 Å². The molecule has 2 heterocycles. The van der Waals surface area contributed by atoms with Crippen molar-refractivity contribution in [1.82, 2.24) is 19.9 Å². The van der Waals surface area contributed by atoms with Gasteiger partial charge in [0.1, 0.15) is 0 Å². The standard InChI is InChI=1S/C15H20N4OS/c1-11-6-2-3-7-12(11)16-14(20)10-21-15-18-17-13-8-4-5-9-19(13)15/h4-5,8-9,11-12H,2-3,6-7,10H2,1H3,(H,16,20). The summed E-state index contributed by atoms with van der Waals surface area (Å²) in [5, 5.41) is 12.1. The number of nitrogens with one attached hydrogen (secondary N) is 1. The van der Waals surface area contributed by atoms with E-state index in [1.807, 2.05) is 28.8 Å². The molecule has 1 amide bonds. The highest BCUT2D eigenvalue weighted by molar-refractivity contribution is 7.99. The van der Waals surface area contributed by atoms with Crippen molar-refractivity contribution < 1.29 is 4.79 Å². The highest BCUT2D eigenvalue weighted by Crippen LogP contribution is 2.24. The van der Waals surface area contributed by atoms with Gasteiger partial charge >= 0.3 is 0 Å². The molecule has 1 fully saturated rings. The molecule has 0 spiro atoms. The highest BCUT2D eigenvalue weighted by atomic mass is 32.2. The van der Waals surface area contributed by atoms with Crippen molar-refractivity contribution in [3.8, 4) is 0 Å². The topological polar surface area (TPSA) is 59.3 Å². The maximum atomic E-state index is 12.1. The Morgan fingerprint density at radius 3 is 3.10 bits per heavy atom. The second kappa shape index (κ2) is 6.47. The molecule has 0 radical (unpaired) electrons. The van der Waals surface area contributed by atoms with Crippen LogP contribution in [0, 0.1) is 5.92 Å². The maximum Gasteiger partial charge on any atom is 0.230 e. The summed E-state index contributed by atoms with van der Waals surface area (Å²) in [4.78, 5) is 12.1. The van der Waals surface area contributed by atoms with Crippen molar-refractivity contribution in [2.24, 2.45) is 5.92 Å². The van der Waals surface area contributed by atoms with E-state index in [1.54, 1.807) is 0 Å². The van der Waals surface area contributed by atoms with E-state index >= 15 is 0 Å². The number of carbonyl (C=O) groups is 1. The number of thioether (sulfide) groups is 1. The third kappa shape index (κ3) is 3.37. The first kappa shape index (κ1) is 14.4. The van der Waals surface area contributed by atoms with Crippen molar-refractivity contribution in [3.05, 3.63) is 24.4 Å². The number of hydrogen-bond acceptors (Lipinski definition) is 4. The molecular formula is C15H20N4OS. The van der Waals surface area contributed by atoms with Gasteiger partial charge in [0, 0.05) is 12.2 Å². The Morgan fingerprint density at radius 1 is 1.38 bits per heavy atom. The van der Waals surface area contributed by atoms with E-state index < -0.39 is 0 Å². The van der Waals surface area contributed by atoms with Gasteiger partial charge < -0.3 is 5.32 Å². The summed E-state index contributed by atoms with van der Waals surface area (Å²) in [6.45, 7) is 2.23. The number of amides is 1. The smallest absolute Gasteiger partial charge is 0.230 e. The molecule has 1 aliphatic rings. The number of rotatable bonds is 4. The van der Waals surface area contributed by atoms with Crippen LogP contribution in [0.5, 0.6) is 0 Å². The molecule has 2 aromatic rings. The number of carbonyl (C=O) groups excluding carboxylic acids is 1. The minimum atomic E-state index is 0.0893. The van der Waals surface area contributed by atoms with Crippen LogP contribution in [0.2, 0.25) is 0 Å². The Hall–Kier alpha value is -1.56. The first-order chi connectivity index (χ1) is 10.2. The number of aromatic nitrogens is 3. The van der Waals surface area contributed by atoms with Crippen molar-refractivity contribution in [2.75, 3.05) is 5.75 Å². The lowest BCUT2D eigenvalue weighted by atomic mass is 9.86. The molecule has 5 nitrogen and oxygen atoms in total. The molecule has 0 bridgehead atoms.